The van der Waals surface area contributed by atoms with Crippen molar-refractivity contribution in [2.45, 2.75) is 155 Å². The fourth-order valence-electron chi connectivity index (χ4n) is 6.70. The van der Waals surface area contributed by atoms with E-state index in [1.54, 1.807) is 25.7 Å². The molecule has 6 atom stereocenters. The monoisotopic (exact) mass is 592 g/mol. The maximum Gasteiger partial charge on any atom is 0.408 e. The van der Waals surface area contributed by atoms with E-state index in [1.165, 1.54) is 0 Å². The van der Waals surface area contributed by atoms with Crippen LogP contribution in [0.5, 0.6) is 0 Å². The van der Waals surface area contributed by atoms with Crippen molar-refractivity contribution in [3.05, 3.63) is 0 Å². The van der Waals surface area contributed by atoms with Gasteiger partial charge >= 0.3 is 6.09 Å². The minimum absolute atomic E-state index is 0.0353. The number of carbonyl (C=O) groups is 4. The van der Waals surface area contributed by atoms with Gasteiger partial charge in [-0.05, 0) is 71.6 Å². The lowest BCUT2D eigenvalue weighted by molar-refractivity contribution is -0.143. The highest BCUT2D eigenvalue weighted by Gasteiger charge is 2.69. The molecule has 1 aliphatic carbocycles. The number of nitrogens with one attached hydrogen (secondary N) is 3. The van der Waals surface area contributed by atoms with Crippen molar-refractivity contribution in [3.8, 4) is 0 Å². The molecule has 0 radical (unpaired) electrons. The van der Waals surface area contributed by atoms with Gasteiger partial charge in [0.1, 0.15) is 17.7 Å². The van der Waals surface area contributed by atoms with Gasteiger partial charge in [-0.1, -0.05) is 65.2 Å². The number of aliphatic hydroxyl groups is 1. The first-order valence-corrected chi connectivity index (χ1v) is 16.0. The van der Waals surface area contributed by atoms with E-state index in [1.807, 2.05) is 20.8 Å². The highest BCUT2D eigenvalue weighted by Crippen LogP contribution is 2.65. The lowest BCUT2D eigenvalue weighted by atomic mass is 9.97. The largest absolute Gasteiger partial charge is 0.444 e. The van der Waals surface area contributed by atoms with E-state index in [9.17, 15) is 24.3 Å². The van der Waals surface area contributed by atoms with E-state index in [-0.39, 0.29) is 29.1 Å². The summed E-state index contributed by atoms with van der Waals surface area (Å²) in [6.45, 7) is 15.5. The Labute approximate surface area is 252 Å². The predicted octanol–water partition coefficient (Wildman–Crippen LogP) is 4.04. The van der Waals surface area contributed by atoms with Crippen LogP contribution < -0.4 is 16.0 Å². The molecule has 0 aromatic rings. The van der Waals surface area contributed by atoms with E-state index in [4.69, 9.17) is 4.74 Å². The molecule has 0 aromatic heterocycles. The maximum absolute atomic E-state index is 14.0. The number of hydrogen-bond acceptors (Lipinski definition) is 6. The van der Waals surface area contributed by atoms with Gasteiger partial charge in [-0.3, -0.25) is 14.4 Å². The van der Waals surface area contributed by atoms with Crippen LogP contribution in [0, 0.1) is 17.3 Å². The highest BCUT2D eigenvalue weighted by molar-refractivity contribution is 5.93. The first-order valence-electron chi connectivity index (χ1n) is 16.0. The first kappa shape index (κ1) is 34.1. The van der Waals surface area contributed by atoms with Crippen molar-refractivity contribution in [1.82, 2.24) is 20.9 Å². The lowest BCUT2D eigenvalue weighted by Crippen LogP contribution is -2.59. The quantitative estimate of drug-likeness (QED) is 0.391. The minimum atomic E-state index is -1.41. The zero-order chi connectivity index (χ0) is 31.5. The lowest BCUT2D eigenvalue weighted by Gasteiger charge is -2.35. The Balaban J connectivity index is 1.87. The minimum Gasteiger partial charge on any atom is -0.444 e. The van der Waals surface area contributed by atoms with Gasteiger partial charge in [0.2, 0.25) is 11.8 Å². The molecule has 2 saturated heterocycles. The number of aliphatic hydroxyl groups excluding tert-OH is 1. The molecule has 10 nitrogen and oxygen atoms in total. The number of hydrogen-bond donors (Lipinski definition) is 4. The molecule has 10 heteroatoms. The fraction of sp³-hybridized carbons (Fsp3) is 0.875. The van der Waals surface area contributed by atoms with Crippen LogP contribution in [0.2, 0.25) is 0 Å². The second kappa shape index (κ2) is 13.5. The van der Waals surface area contributed by atoms with Crippen LogP contribution in [-0.4, -0.2) is 75.7 Å². The van der Waals surface area contributed by atoms with Gasteiger partial charge in [0.05, 0.1) is 6.04 Å². The number of carbonyl (C=O) groups excluding carboxylic acids is 4. The van der Waals surface area contributed by atoms with Crippen molar-refractivity contribution in [1.29, 1.82) is 0 Å². The number of rotatable bonds is 3. The third-order valence-corrected chi connectivity index (χ3v) is 8.98. The van der Waals surface area contributed by atoms with E-state index in [0.717, 1.165) is 51.4 Å². The van der Waals surface area contributed by atoms with Crippen LogP contribution in [0.1, 0.15) is 120 Å². The Hall–Kier alpha value is -2.36. The number of piperidine rings is 1. The van der Waals surface area contributed by atoms with Gasteiger partial charge in [0.15, 0.2) is 6.10 Å². The van der Waals surface area contributed by atoms with Gasteiger partial charge in [-0.15, -0.1) is 0 Å². The molecule has 3 fully saturated rings. The summed E-state index contributed by atoms with van der Waals surface area (Å²) < 4.78 is 5.47. The number of fused-ring (bicyclic) bond motifs is 3. The molecule has 3 aliphatic rings. The van der Waals surface area contributed by atoms with Crippen molar-refractivity contribution in [2.24, 2.45) is 17.3 Å². The Morgan fingerprint density at radius 3 is 2.05 bits per heavy atom. The molecule has 1 unspecified atom stereocenters. The van der Waals surface area contributed by atoms with E-state index in [2.05, 4.69) is 29.8 Å². The van der Waals surface area contributed by atoms with Crippen LogP contribution in [0.3, 0.4) is 0 Å². The Kier molecular flexibility index (Phi) is 11.0. The summed E-state index contributed by atoms with van der Waals surface area (Å²) in [5, 5.41) is 19.7. The van der Waals surface area contributed by atoms with E-state index >= 15 is 0 Å². The Morgan fingerprint density at radius 1 is 0.952 bits per heavy atom. The summed E-state index contributed by atoms with van der Waals surface area (Å²) in [6.07, 6.45) is 6.60. The third-order valence-electron chi connectivity index (χ3n) is 8.98. The smallest absolute Gasteiger partial charge is 0.408 e. The van der Waals surface area contributed by atoms with Gasteiger partial charge in [0.25, 0.3) is 5.91 Å². The zero-order valence-corrected chi connectivity index (χ0v) is 27.2. The number of nitrogens with zero attached hydrogens (tertiary/aromatic N) is 1. The molecule has 4 amide bonds. The van der Waals surface area contributed by atoms with Crippen LogP contribution in [-0.2, 0) is 19.1 Å². The summed E-state index contributed by atoms with van der Waals surface area (Å²) in [7, 11) is 0. The van der Waals surface area contributed by atoms with Gasteiger partial charge in [-0.2, -0.15) is 0 Å². The average molecular weight is 593 g/mol. The number of amides is 4. The number of ether oxygens (including phenoxy) is 1. The average Bonchev–Trinajstić information content (AvgIpc) is 3.18. The normalized spacial score (nSPS) is 30.2. The topological polar surface area (TPSA) is 137 Å². The summed E-state index contributed by atoms with van der Waals surface area (Å²) in [4.78, 5) is 55.3. The van der Waals surface area contributed by atoms with Crippen LogP contribution >= 0.6 is 0 Å². The van der Waals surface area contributed by atoms with Crippen molar-refractivity contribution < 1.29 is 29.0 Å². The SMILES string of the molecule is CC(C)(C)NC(=O)C(O)[C@@H]1CCCCCCCCCC[C@H](NC(=O)OC(C)(C)C)C(=O)N2C[C@H]3[C@@H]([C@H]2C(=O)N1)C3(C)C. The Morgan fingerprint density at radius 2 is 1.50 bits per heavy atom. The highest BCUT2D eigenvalue weighted by atomic mass is 16.6. The molecule has 0 bridgehead atoms. The van der Waals surface area contributed by atoms with Crippen molar-refractivity contribution in [2.75, 3.05) is 6.54 Å². The molecule has 3 rings (SSSR count). The van der Waals surface area contributed by atoms with Crippen LogP contribution in [0.25, 0.3) is 0 Å². The van der Waals surface area contributed by atoms with Gasteiger partial charge in [0, 0.05) is 12.1 Å². The number of alkyl carbamates (subject to hydrolysis) is 1. The molecule has 4 N–H and O–H groups in total. The first-order chi connectivity index (χ1) is 19.4. The molecule has 2 aliphatic heterocycles. The molecule has 0 aromatic carbocycles. The maximum atomic E-state index is 14.0. The van der Waals surface area contributed by atoms with Crippen molar-refractivity contribution in [3.63, 3.8) is 0 Å². The summed E-state index contributed by atoms with van der Waals surface area (Å²) >= 11 is 0. The van der Waals surface area contributed by atoms with E-state index < -0.39 is 47.4 Å². The zero-order valence-electron chi connectivity index (χ0n) is 27.2. The molecule has 240 valence electrons. The molecular formula is C32H56N4O6. The molecule has 42 heavy (non-hydrogen) atoms. The molecular weight excluding hydrogens is 536 g/mol. The third kappa shape index (κ3) is 9.07. The van der Waals surface area contributed by atoms with E-state index in [0.29, 0.717) is 19.4 Å². The predicted molar refractivity (Wildman–Crippen MR) is 161 cm³/mol. The summed E-state index contributed by atoms with van der Waals surface area (Å²) in [5.41, 5.74) is -1.35. The standard InChI is InChI=1S/C32H56N4O6/c1-30(2,3)35-27(39)25(37)21-17-15-13-11-9-10-12-14-16-18-22(34-29(41)42-31(4,5)6)28(40)36-19-20-23(32(20,7)8)24(36)26(38)33-21/h20-25,37H,9-19H2,1-8H3,(H,33,38)(H,34,41)(H,35,39)/t20-,21-,22-,23-,24-,25?/m0/s1. The van der Waals surface area contributed by atoms with Crippen LogP contribution in [0.4, 0.5) is 4.79 Å². The second-order valence-corrected chi connectivity index (χ2v) is 15.3. The molecule has 0 spiro atoms. The summed E-state index contributed by atoms with van der Waals surface area (Å²) in [5.74, 6) is -1.03. The van der Waals surface area contributed by atoms with Gasteiger partial charge in [-0.25, -0.2) is 4.79 Å². The fourth-order valence-corrected chi connectivity index (χ4v) is 6.70. The van der Waals surface area contributed by atoms with Gasteiger partial charge < -0.3 is 30.7 Å². The second-order valence-electron chi connectivity index (χ2n) is 15.3. The molecule has 1 saturated carbocycles. The van der Waals surface area contributed by atoms with Crippen molar-refractivity contribution >= 4 is 23.8 Å². The summed E-state index contributed by atoms with van der Waals surface area (Å²) in [6, 6.07) is -2.31. The van der Waals surface area contributed by atoms with Crippen LogP contribution in [0.15, 0.2) is 0 Å². The Bertz CT molecular complexity index is 984. The molecule has 2 heterocycles.